The molecule has 1 rings (SSSR count). The first-order valence-electron chi connectivity index (χ1n) is 6.92. The Morgan fingerprint density at radius 3 is 2.19 bits per heavy atom. The summed E-state index contributed by atoms with van der Waals surface area (Å²) in [6.07, 6.45) is 8.28. The maximum atomic E-state index is 8.85. The molecular formula is C13H28N2O. The first-order chi connectivity index (χ1) is 7.86. The lowest BCUT2D eigenvalue weighted by Gasteiger charge is -2.16. The van der Waals surface area contributed by atoms with Gasteiger partial charge in [0, 0.05) is 19.6 Å². The second-order valence-corrected chi connectivity index (χ2v) is 4.87. The van der Waals surface area contributed by atoms with Crippen molar-refractivity contribution in [2.75, 3.05) is 39.5 Å². The monoisotopic (exact) mass is 228 g/mol. The van der Waals surface area contributed by atoms with Gasteiger partial charge in [-0.15, -0.1) is 0 Å². The van der Waals surface area contributed by atoms with Crippen molar-refractivity contribution >= 4 is 0 Å². The SMILES string of the molecule is CCCCCCCCN1CCN(CCO)C1. The Balaban J connectivity index is 1.90. The second-order valence-electron chi connectivity index (χ2n) is 4.87. The minimum absolute atomic E-state index is 0.296. The summed E-state index contributed by atoms with van der Waals surface area (Å²) in [5, 5.41) is 8.85. The van der Waals surface area contributed by atoms with Gasteiger partial charge >= 0.3 is 0 Å². The molecule has 1 aliphatic heterocycles. The van der Waals surface area contributed by atoms with E-state index in [9.17, 15) is 0 Å². The van der Waals surface area contributed by atoms with Crippen LogP contribution in [-0.2, 0) is 0 Å². The van der Waals surface area contributed by atoms with Gasteiger partial charge < -0.3 is 5.11 Å². The van der Waals surface area contributed by atoms with Crippen LogP contribution in [-0.4, -0.2) is 54.4 Å². The van der Waals surface area contributed by atoms with Crippen LogP contribution in [0.3, 0.4) is 0 Å². The molecule has 0 amide bonds. The highest BCUT2D eigenvalue weighted by atomic mass is 16.3. The van der Waals surface area contributed by atoms with Crippen molar-refractivity contribution in [3.63, 3.8) is 0 Å². The van der Waals surface area contributed by atoms with Gasteiger partial charge in [0.2, 0.25) is 0 Å². The summed E-state index contributed by atoms with van der Waals surface area (Å²) in [6, 6.07) is 0. The molecule has 0 radical (unpaired) electrons. The van der Waals surface area contributed by atoms with Crippen LogP contribution >= 0.6 is 0 Å². The standard InChI is InChI=1S/C13H28N2O/c1-2-3-4-5-6-7-8-14-9-10-15(13-14)11-12-16/h16H,2-13H2,1H3. The van der Waals surface area contributed by atoms with Crippen molar-refractivity contribution in [3.8, 4) is 0 Å². The van der Waals surface area contributed by atoms with Gasteiger partial charge in [0.1, 0.15) is 0 Å². The van der Waals surface area contributed by atoms with Gasteiger partial charge in [0.05, 0.1) is 13.3 Å². The summed E-state index contributed by atoms with van der Waals surface area (Å²) >= 11 is 0. The van der Waals surface area contributed by atoms with E-state index < -0.39 is 0 Å². The van der Waals surface area contributed by atoms with E-state index in [1.807, 2.05) is 0 Å². The topological polar surface area (TPSA) is 26.7 Å². The van der Waals surface area contributed by atoms with Crippen LogP contribution in [0.2, 0.25) is 0 Å². The summed E-state index contributed by atoms with van der Waals surface area (Å²) in [5.74, 6) is 0. The number of aliphatic hydroxyl groups is 1. The van der Waals surface area contributed by atoms with Crippen LogP contribution in [0, 0.1) is 0 Å². The van der Waals surface area contributed by atoms with Crippen LogP contribution in [0.15, 0.2) is 0 Å². The molecule has 1 heterocycles. The molecule has 1 aliphatic rings. The Hall–Kier alpha value is -0.120. The number of aliphatic hydroxyl groups excluding tert-OH is 1. The second kappa shape index (κ2) is 8.97. The molecule has 3 heteroatoms. The molecule has 1 fully saturated rings. The fraction of sp³-hybridized carbons (Fsp3) is 1.00. The van der Waals surface area contributed by atoms with E-state index in [4.69, 9.17) is 5.11 Å². The van der Waals surface area contributed by atoms with Crippen LogP contribution in [0.5, 0.6) is 0 Å². The third-order valence-corrected chi connectivity index (χ3v) is 3.38. The number of unbranched alkanes of at least 4 members (excludes halogenated alkanes) is 5. The summed E-state index contributed by atoms with van der Waals surface area (Å²) in [5.41, 5.74) is 0. The van der Waals surface area contributed by atoms with Crippen molar-refractivity contribution in [2.45, 2.75) is 45.4 Å². The lowest BCUT2D eigenvalue weighted by molar-refractivity contribution is 0.191. The lowest BCUT2D eigenvalue weighted by atomic mass is 10.1. The summed E-state index contributed by atoms with van der Waals surface area (Å²) in [4.78, 5) is 4.84. The van der Waals surface area contributed by atoms with Gasteiger partial charge in [-0.1, -0.05) is 39.0 Å². The van der Waals surface area contributed by atoms with Crippen LogP contribution in [0.1, 0.15) is 45.4 Å². The highest BCUT2D eigenvalue weighted by Crippen LogP contribution is 2.09. The molecule has 16 heavy (non-hydrogen) atoms. The summed E-state index contributed by atoms with van der Waals surface area (Å²) < 4.78 is 0. The van der Waals surface area contributed by atoms with Crippen molar-refractivity contribution in [3.05, 3.63) is 0 Å². The Bertz CT molecular complexity index is 164. The van der Waals surface area contributed by atoms with Crippen LogP contribution in [0.25, 0.3) is 0 Å². The Morgan fingerprint density at radius 1 is 0.875 bits per heavy atom. The average Bonchev–Trinajstić information content (AvgIpc) is 2.72. The molecular weight excluding hydrogens is 200 g/mol. The first-order valence-corrected chi connectivity index (χ1v) is 6.92. The Kier molecular flexibility index (Phi) is 7.81. The van der Waals surface area contributed by atoms with E-state index >= 15 is 0 Å². The van der Waals surface area contributed by atoms with Crippen molar-refractivity contribution < 1.29 is 5.11 Å². The molecule has 0 aromatic rings. The third-order valence-electron chi connectivity index (χ3n) is 3.38. The van der Waals surface area contributed by atoms with Crippen molar-refractivity contribution in [2.24, 2.45) is 0 Å². The highest BCUT2D eigenvalue weighted by Gasteiger charge is 2.17. The van der Waals surface area contributed by atoms with Gasteiger partial charge in [0.15, 0.2) is 0 Å². The quantitative estimate of drug-likeness (QED) is 0.611. The summed E-state index contributed by atoms with van der Waals surface area (Å²) in [6.45, 7) is 8.03. The minimum atomic E-state index is 0.296. The van der Waals surface area contributed by atoms with E-state index in [2.05, 4.69) is 16.7 Å². The van der Waals surface area contributed by atoms with Crippen LogP contribution < -0.4 is 0 Å². The van der Waals surface area contributed by atoms with Crippen molar-refractivity contribution in [1.82, 2.24) is 9.80 Å². The largest absolute Gasteiger partial charge is 0.395 e. The van der Waals surface area contributed by atoms with Gasteiger partial charge in [0.25, 0.3) is 0 Å². The highest BCUT2D eigenvalue weighted by molar-refractivity contribution is 4.70. The zero-order chi connectivity index (χ0) is 11.6. The molecule has 0 aliphatic carbocycles. The molecule has 0 spiro atoms. The van der Waals surface area contributed by atoms with Gasteiger partial charge in [-0.3, -0.25) is 9.80 Å². The molecule has 0 unspecified atom stereocenters. The number of β-amino-alcohol motifs (C(OH)–C–C–N with tert-alkyl or cyclic N) is 1. The Morgan fingerprint density at radius 2 is 1.50 bits per heavy atom. The molecule has 0 bridgehead atoms. The number of nitrogens with zero attached hydrogens (tertiary/aromatic N) is 2. The molecule has 0 saturated carbocycles. The van der Waals surface area contributed by atoms with E-state index in [-0.39, 0.29) is 0 Å². The van der Waals surface area contributed by atoms with Crippen molar-refractivity contribution in [1.29, 1.82) is 0 Å². The van der Waals surface area contributed by atoms with E-state index in [0.29, 0.717) is 6.61 Å². The number of rotatable bonds is 9. The number of hydrogen-bond donors (Lipinski definition) is 1. The molecule has 1 saturated heterocycles. The zero-order valence-corrected chi connectivity index (χ0v) is 10.8. The smallest absolute Gasteiger partial charge is 0.0558 e. The molecule has 96 valence electrons. The van der Waals surface area contributed by atoms with E-state index in [1.165, 1.54) is 51.6 Å². The van der Waals surface area contributed by atoms with Gasteiger partial charge in [-0.05, 0) is 13.0 Å². The zero-order valence-electron chi connectivity index (χ0n) is 10.8. The minimum Gasteiger partial charge on any atom is -0.395 e. The fourth-order valence-electron chi connectivity index (χ4n) is 2.33. The van der Waals surface area contributed by atoms with Gasteiger partial charge in [-0.25, -0.2) is 0 Å². The predicted molar refractivity (Wildman–Crippen MR) is 68.5 cm³/mol. The summed E-state index contributed by atoms with van der Waals surface area (Å²) in [7, 11) is 0. The maximum absolute atomic E-state index is 8.85. The van der Waals surface area contributed by atoms with Crippen LogP contribution in [0.4, 0.5) is 0 Å². The average molecular weight is 228 g/mol. The molecule has 0 atom stereocenters. The third kappa shape index (κ3) is 5.83. The fourth-order valence-corrected chi connectivity index (χ4v) is 2.33. The predicted octanol–water partition coefficient (Wildman–Crippen LogP) is 1.91. The molecule has 3 nitrogen and oxygen atoms in total. The molecule has 1 N–H and O–H groups in total. The van der Waals surface area contributed by atoms with E-state index in [0.717, 1.165) is 19.8 Å². The normalized spacial score (nSPS) is 18.4. The van der Waals surface area contributed by atoms with Gasteiger partial charge in [-0.2, -0.15) is 0 Å². The number of hydrogen-bond acceptors (Lipinski definition) is 3. The lowest BCUT2D eigenvalue weighted by Crippen LogP contribution is -2.28. The molecule has 0 aromatic heterocycles. The Labute approximate surface area is 100 Å². The molecule has 0 aromatic carbocycles. The first kappa shape index (κ1) is 13.9. The maximum Gasteiger partial charge on any atom is 0.0558 e. The van der Waals surface area contributed by atoms with E-state index in [1.54, 1.807) is 0 Å².